The smallest absolute Gasteiger partial charge is 0.230 e. The summed E-state index contributed by atoms with van der Waals surface area (Å²) in [6.45, 7) is 2.50. The van der Waals surface area contributed by atoms with Crippen LogP contribution < -0.4 is 19.5 Å². The van der Waals surface area contributed by atoms with Crippen molar-refractivity contribution < 1.29 is 18.9 Å². The minimum absolute atomic E-state index is 0.432. The maximum atomic E-state index is 6.15. The highest BCUT2D eigenvalue weighted by Gasteiger charge is 2.15. The number of pyridine rings is 1. The van der Waals surface area contributed by atoms with Crippen LogP contribution in [0.3, 0.4) is 0 Å². The predicted molar refractivity (Wildman–Crippen MR) is 118 cm³/mol. The van der Waals surface area contributed by atoms with Gasteiger partial charge in [0.25, 0.3) is 0 Å². The van der Waals surface area contributed by atoms with Gasteiger partial charge < -0.3 is 24.3 Å². The standard InChI is InChI=1S/C24H25N3O4/c1-28-19-10-8-18(9-11-19)17-27-23-20-5-4-12-26-24(20)31-22-7-3-2-6-21(22)30-16-15-29-14-13-25-23/h2-12H,13-17H2,1H3,(H,25,27). The van der Waals surface area contributed by atoms with Gasteiger partial charge in [-0.1, -0.05) is 24.3 Å². The van der Waals surface area contributed by atoms with E-state index < -0.39 is 0 Å². The van der Waals surface area contributed by atoms with Crippen LogP contribution in [0.5, 0.6) is 23.1 Å². The van der Waals surface area contributed by atoms with Crippen molar-refractivity contribution in [3.05, 3.63) is 78.0 Å². The average Bonchev–Trinajstić information content (AvgIpc) is 2.83. The van der Waals surface area contributed by atoms with Gasteiger partial charge in [-0.05, 0) is 42.0 Å². The number of ether oxygens (including phenoxy) is 4. The summed E-state index contributed by atoms with van der Waals surface area (Å²) in [6.07, 6.45) is 1.70. The largest absolute Gasteiger partial charge is 0.497 e. The number of hydrogen-bond donors (Lipinski definition) is 1. The molecule has 160 valence electrons. The molecule has 0 atom stereocenters. The number of para-hydroxylation sites is 2. The zero-order valence-electron chi connectivity index (χ0n) is 17.4. The molecule has 2 heterocycles. The maximum absolute atomic E-state index is 6.15. The van der Waals surface area contributed by atoms with Gasteiger partial charge in [-0.3, -0.25) is 4.99 Å². The predicted octanol–water partition coefficient (Wildman–Crippen LogP) is 3.83. The molecule has 3 aromatic rings. The van der Waals surface area contributed by atoms with Gasteiger partial charge in [0.1, 0.15) is 18.2 Å². The number of methoxy groups -OCH3 is 1. The van der Waals surface area contributed by atoms with E-state index in [0.717, 1.165) is 16.9 Å². The molecule has 7 nitrogen and oxygen atoms in total. The van der Waals surface area contributed by atoms with E-state index in [1.165, 1.54) is 0 Å². The zero-order chi connectivity index (χ0) is 21.3. The summed E-state index contributed by atoms with van der Waals surface area (Å²) in [4.78, 5) is 9.18. The number of aromatic nitrogens is 1. The second-order valence-corrected chi connectivity index (χ2v) is 6.80. The molecule has 0 saturated carbocycles. The molecular formula is C24H25N3O4. The van der Waals surface area contributed by atoms with Crippen molar-refractivity contribution in [2.75, 3.05) is 33.5 Å². The summed E-state index contributed by atoms with van der Waals surface area (Å²) >= 11 is 0. The van der Waals surface area contributed by atoms with Crippen molar-refractivity contribution in [2.24, 2.45) is 4.99 Å². The third-order valence-electron chi connectivity index (χ3n) is 4.69. The number of benzene rings is 2. The van der Waals surface area contributed by atoms with E-state index in [1.807, 2.05) is 60.7 Å². The Bertz CT molecular complexity index is 1020. The van der Waals surface area contributed by atoms with E-state index in [4.69, 9.17) is 23.9 Å². The van der Waals surface area contributed by atoms with Gasteiger partial charge in [0.2, 0.25) is 5.88 Å². The van der Waals surface area contributed by atoms with Crippen LogP contribution in [0.15, 0.2) is 71.9 Å². The van der Waals surface area contributed by atoms with Crippen LogP contribution in [0.4, 0.5) is 0 Å². The molecule has 0 fully saturated rings. The summed E-state index contributed by atoms with van der Waals surface area (Å²) in [5.74, 6) is 3.21. The van der Waals surface area contributed by atoms with Gasteiger partial charge in [-0.2, -0.15) is 0 Å². The first-order valence-electron chi connectivity index (χ1n) is 10.2. The highest BCUT2D eigenvalue weighted by molar-refractivity contribution is 6.00. The van der Waals surface area contributed by atoms with Crippen LogP contribution in [-0.2, 0) is 11.3 Å². The number of nitrogens with one attached hydrogen (secondary N) is 1. The quantitative estimate of drug-likeness (QED) is 0.696. The lowest BCUT2D eigenvalue weighted by atomic mass is 10.2. The van der Waals surface area contributed by atoms with Crippen molar-refractivity contribution in [3.8, 4) is 23.1 Å². The van der Waals surface area contributed by atoms with E-state index in [0.29, 0.717) is 56.1 Å². The molecule has 0 aliphatic carbocycles. The van der Waals surface area contributed by atoms with Gasteiger partial charge in [0.05, 0.1) is 32.4 Å². The molecule has 1 N–H and O–H groups in total. The summed E-state index contributed by atoms with van der Waals surface area (Å²) in [5.41, 5.74) is 1.87. The Morgan fingerprint density at radius 3 is 2.61 bits per heavy atom. The number of rotatable bonds is 3. The van der Waals surface area contributed by atoms with Crippen LogP contribution in [0.1, 0.15) is 11.1 Å². The van der Waals surface area contributed by atoms with Crippen LogP contribution in [0.2, 0.25) is 0 Å². The van der Waals surface area contributed by atoms with Crippen LogP contribution in [-0.4, -0.2) is 44.3 Å². The Morgan fingerprint density at radius 2 is 1.77 bits per heavy atom. The van der Waals surface area contributed by atoms with Crippen molar-refractivity contribution in [2.45, 2.75) is 6.54 Å². The summed E-state index contributed by atoms with van der Waals surface area (Å²) in [5, 5.41) is 3.43. The number of hydrogen-bond acceptors (Lipinski definition) is 7. The first kappa shape index (κ1) is 20.7. The van der Waals surface area contributed by atoms with E-state index in [1.54, 1.807) is 13.3 Å². The molecule has 7 heteroatoms. The highest BCUT2D eigenvalue weighted by atomic mass is 16.5. The molecule has 2 aromatic carbocycles. The molecule has 0 unspecified atom stereocenters. The number of nitrogens with zero attached hydrogens (tertiary/aromatic N) is 2. The van der Waals surface area contributed by atoms with Gasteiger partial charge in [-0.25, -0.2) is 4.98 Å². The van der Waals surface area contributed by atoms with E-state index in [-0.39, 0.29) is 0 Å². The second-order valence-electron chi connectivity index (χ2n) is 6.80. The molecule has 0 amide bonds. The second kappa shape index (κ2) is 10.4. The van der Waals surface area contributed by atoms with Crippen molar-refractivity contribution in [1.29, 1.82) is 0 Å². The number of fused-ring (bicyclic) bond motifs is 2. The van der Waals surface area contributed by atoms with Gasteiger partial charge in [0, 0.05) is 12.7 Å². The van der Waals surface area contributed by atoms with Gasteiger partial charge >= 0.3 is 0 Å². The van der Waals surface area contributed by atoms with Gasteiger partial charge in [0.15, 0.2) is 11.5 Å². The normalized spacial score (nSPS) is 14.2. The Morgan fingerprint density at radius 1 is 0.935 bits per heavy atom. The molecule has 0 spiro atoms. The SMILES string of the molecule is COc1ccc(CNC2=NCCOCCOc3ccccc3Oc3ncccc32)cc1. The zero-order valence-corrected chi connectivity index (χ0v) is 17.4. The molecule has 0 saturated heterocycles. The number of amidine groups is 1. The Hall–Kier alpha value is -3.58. The topological polar surface area (TPSA) is 74.2 Å². The van der Waals surface area contributed by atoms with E-state index in [2.05, 4.69) is 10.3 Å². The molecule has 1 aromatic heterocycles. The van der Waals surface area contributed by atoms with E-state index in [9.17, 15) is 0 Å². The molecule has 31 heavy (non-hydrogen) atoms. The van der Waals surface area contributed by atoms with Gasteiger partial charge in [-0.15, -0.1) is 0 Å². The number of aliphatic imine (C=N–C) groups is 1. The van der Waals surface area contributed by atoms with E-state index >= 15 is 0 Å². The maximum Gasteiger partial charge on any atom is 0.230 e. The fourth-order valence-corrected chi connectivity index (χ4v) is 3.11. The lowest BCUT2D eigenvalue weighted by molar-refractivity contribution is 0.105. The first-order chi connectivity index (χ1) is 15.3. The third-order valence-corrected chi connectivity index (χ3v) is 4.69. The first-order valence-corrected chi connectivity index (χ1v) is 10.2. The van der Waals surface area contributed by atoms with Crippen molar-refractivity contribution in [3.63, 3.8) is 0 Å². The highest BCUT2D eigenvalue weighted by Crippen LogP contribution is 2.32. The Balaban J connectivity index is 1.62. The summed E-state index contributed by atoms with van der Waals surface area (Å²) < 4.78 is 22.9. The van der Waals surface area contributed by atoms with Crippen LogP contribution in [0.25, 0.3) is 0 Å². The van der Waals surface area contributed by atoms with Crippen LogP contribution >= 0.6 is 0 Å². The Labute approximate surface area is 181 Å². The van der Waals surface area contributed by atoms with Crippen LogP contribution in [0, 0.1) is 0 Å². The summed E-state index contributed by atoms with van der Waals surface area (Å²) in [6, 6.07) is 19.2. The van der Waals surface area contributed by atoms with Crippen molar-refractivity contribution in [1.82, 2.24) is 10.3 Å². The molecule has 1 aliphatic heterocycles. The monoisotopic (exact) mass is 419 g/mol. The average molecular weight is 419 g/mol. The molecule has 0 radical (unpaired) electrons. The lowest BCUT2D eigenvalue weighted by Gasteiger charge is -2.15. The molecule has 4 rings (SSSR count). The van der Waals surface area contributed by atoms with Crippen molar-refractivity contribution >= 4 is 5.84 Å². The molecular weight excluding hydrogens is 394 g/mol. The third kappa shape index (κ3) is 5.52. The summed E-state index contributed by atoms with van der Waals surface area (Å²) in [7, 11) is 1.66. The minimum Gasteiger partial charge on any atom is -0.497 e. The lowest BCUT2D eigenvalue weighted by Crippen LogP contribution is -2.25. The Kier molecular flexibility index (Phi) is 6.97. The fourth-order valence-electron chi connectivity index (χ4n) is 3.11. The fraction of sp³-hybridized carbons (Fsp3) is 0.250. The molecule has 0 bridgehead atoms. The molecule has 1 aliphatic rings. The minimum atomic E-state index is 0.432.